The average Bonchev–Trinajstić information content (AvgIpc) is 2.93. The Balaban J connectivity index is 1.48. The van der Waals surface area contributed by atoms with Gasteiger partial charge in [0.2, 0.25) is 5.91 Å². The largest absolute Gasteiger partial charge is 0.486 e. The molecule has 0 aliphatic carbocycles. The van der Waals surface area contributed by atoms with Gasteiger partial charge in [-0.25, -0.2) is 0 Å². The van der Waals surface area contributed by atoms with E-state index in [0.717, 1.165) is 29.5 Å². The molecule has 0 saturated carbocycles. The Hall–Kier alpha value is -4.26. The molecular formula is C30H31N3O4. The molecule has 37 heavy (non-hydrogen) atoms. The molecule has 2 N–H and O–H groups in total. The van der Waals surface area contributed by atoms with Gasteiger partial charge in [0, 0.05) is 34.9 Å². The summed E-state index contributed by atoms with van der Waals surface area (Å²) in [5, 5.41) is 7.09. The van der Waals surface area contributed by atoms with Gasteiger partial charge in [0.05, 0.1) is 5.52 Å². The minimum absolute atomic E-state index is 0.121. The van der Waals surface area contributed by atoms with E-state index < -0.39 is 0 Å². The van der Waals surface area contributed by atoms with E-state index >= 15 is 0 Å². The van der Waals surface area contributed by atoms with Crippen molar-refractivity contribution in [1.82, 2.24) is 4.57 Å². The molecule has 5 rings (SSSR count). The van der Waals surface area contributed by atoms with E-state index in [-0.39, 0.29) is 18.0 Å². The van der Waals surface area contributed by atoms with Gasteiger partial charge in [-0.2, -0.15) is 0 Å². The van der Waals surface area contributed by atoms with Crippen LogP contribution in [0.2, 0.25) is 0 Å². The van der Waals surface area contributed by atoms with E-state index in [1.807, 2.05) is 48.5 Å². The van der Waals surface area contributed by atoms with Crippen LogP contribution in [0.25, 0.3) is 10.9 Å². The Bertz CT molecular complexity index is 1490. The number of benzene rings is 3. The van der Waals surface area contributed by atoms with Crippen LogP contribution in [0.15, 0.2) is 71.5 Å². The van der Waals surface area contributed by atoms with Gasteiger partial charge in [0.25, 0.3) is 5.56 Å². The first-order valence-corrected chi connectivity index (χ1v) is 12.7. The molecule has 190 valence electrons. The van der Waals surface area contributed by atoms with Crippen molar-refractivity contribution in [3.05, 3.63) is 93.8 Å². The molecule has 0 saturated heterocycles. The number of hydrogen-bond acceptors (Lipinski definition) is 5. The van der Waals surface area contributed by atoms with Crippen LogP contribution in [0.3, 0.4) is 0 Å². The average molecular weight is 498 g/mol. The number of nitrogens with zero attached hydrogens (tertiary/aromatic N) is 1. The number of aromatic nitrogens is 1. The van der Waals surface area contributed by atoms with Crippen molar-refractivity contribution < 1.29 is 14.3 Å². The zero-order chi connectivity index (χ0) is 25.8. The van der Waals surface area contributed by atoms with Gasteiger partial charge in [0.15, 0.2) is 11.5 Å². The molecule has 4 aromatic rings. The topological polar surface area (TPSA) is 81.6 Å². The van der Waals surface area contributed by atoms with Crippen LogP contribution < -0.4 is 25.7 Å². The summed E-state index contributed by atoms with van der Waals surface area (Å²) >= 11 is 0. The molecule has 0 radical (unpaired) electrons. The van der Waals surface area contributed by atoms with Gasteiger partial charge < -0.3 is 20.1 Å². The molecule has 0 fully saturated rings. The lowest BCUT2D eigenvalue weighted by Crippen LogP contribution is -2.31. The second-order valence-electron chi connectivity index (χ2n) is 9.12. The predicted molar refractivity (Wildman–Crippen MR) is 147 cm³/mol. The summed E-state index contributed by atoms with van der Waals surface area (Å²) in [7, 11) is 0. The van der Waals surface area contributed by atoms with Gasteiger partial charge in [-0.15, -0.1) is 0 Å². The van der Waals surface area contributed by atoms with Crippen molar-refractivity contribution in [2.24, 2.45) is 0 Å². The molecule has 3 aromatic carbocycles. The Morgan fingerprint density at radius 1 is 0.865 bits per heavy atom. The van der Waals surface area contributed by atoms with Gasteiger partial charge in [0.1, 0.15) is 19.8 Å². The molecule has 7 heteroatoms. The van der Waals surface area contributed by atoms with E-state index in [2.05, 4.69) is 36.6 Å². The maximum absolute atomic E-state index is 13.6. The number of rotatable bonds is 8. The minimum atomic E-state index is -0.271. The molecular weight excluding hydrogens is 466 g/mol. The van der Waals surface area contributed by atoms with Crippen LogP contribution in [-0.2, 0) is 30.7 Å². The number of fused-ring (bicyclic) bond motifs is 2. The SMILES string of the molecule is CCc1ccc(NCc2cc3cc4c(cc3n(CC(=O)Nc3cccc(CC)c3)c2=O)OCCO4)cc1. The summed E-state index contributed by atoms with van der Waals surface area (Å²) in [5.74, 6) is 0.940. The van der Waals surface area contributed by atoms with Gasteiger partial charge in [-0.3, -0.25) is 14.2 Å². The maximum atomic E-state index is 13.6. The standard InChI is InChI=1S/C30H31N3O4/c1-3-20-8-10-24(11-9-20)31-18-23-15-22-16-27-28(37-13-12-36-27)17-26(22)33(30(23)35)19-29(34)32-25-7-5-6-21(4-2)14-25/h5-11,14-17,31H,3-4,12-13,18-19H2,1-2H3,(H,32,34). The summed E-state index contributed by atoms with van der Waals surface area (Å²) in [5.41, 5.74) is 4.99. The summed E-state index contributed by atoms with van der Waals surface area (Å²) < 4.78 is 13.0. The van der Waals surface area contributed by atoms with Crippen LogP contribution in [0.4, 0.5) is 11.4 Å². The highest BCUT2D eigenvalue weighted by Gasteiger charge is 2.18. The molecule has 2 heterocycles. The second-order valence-corrected chi connectivity index (χ2v) is 9.12. The van der Waals surface area contributed by atoms with Crippen molar-refractivity contribution in [3.8, 4) is 11.5 Å². The summed E-state index contributed by atoms with van der Waals surface area (Å²) in [4.78, 5) is 26.7. The number of carbonyl (C=O) groups is 1. The fraction of sp³-hybridized carbons (Fsp3) is 0.267. The van der Waals surface area contributed by atoms with Crippen LogP contribution in [-0.4, -0.2) is 23.7 Å². The molecule has 1 amide bonds. The summed E-state index contributed by atoms with van der Waals surface area (Å²) in [6.07, 6.45) is 1.84. The highest BCUT2D eigenvalue weighted by atomic mass is 16.6. The number of aryl methyl sites for hydroxylation is 2. The van der Waals surface area contributed by atoms with E-state index in [4.69, 9.17) is 9.47 Å². The van der Waals surface area contributed by atoms with E-state index in [9.17, 15) is 9.59 Å². The van der Waals surface area contributed by atoms with Crippen molar-refractivity contribution in [3.63, 3.8) is 0 Å². The van der Waals surface area contributed by atoms with Gasteiger partial charge in [-0.1, -0.05) is 38.1 Å². The Morgan fingerprint density at radius 3 is 2.32 bits per heavy atom. The molecule has 0 spiro atoms. The van der Waals surface area contributed by atoms with Gasteiger partial charge in [-0.05, 0) is 60.4 Å². The zero-order valence-electron chi connectivity index (χ0n) is 21.2. The Morgan fingerprint density at radius 2 is 1.59 bits per heavy atom. The number of ether oxygens (including phenoxy) is 2. The number of amides is 1. The third kappa shape index (κ3) is 5.45. The molecule has 0 unspecified atom stereocenters. The summed E-state index contributed by atoms with van der Waals surface area (Å²) in [6, 6.07) is 21.4. The maximum Gasteiger partial charge on any atom is 0.256 e. The van der Waals surface area contributed by atoms with Crippen LogP contribution in [0.1, 0.15) is 30.5 Å². The van der Waals surface area contributed by atoms with Crippen LogP contribution in [0, 0.1) is 0 Å². The second kappa shape index (κ2) is 10.8. The van der Waals surface area contributed by atoms with Crippen molar-refractivity contribution in [2.75, 3.05) is 23.8 Å². The Labute approximate surface area is 216 Å². The molecule has 0 bridgehead atoms. The highest BCUT2D eigenvalue weighted by Crippen LogP contribution is 2.34. The smallest absolute Gasteiger partial charge is 0.256 e. The number of hydrogen-bond donors (Lipinski definition) is 2. The number of carbonyl (C=O) groups excluding carboxylic acids is 1. The lowest BCUT2D eigenvalue weighted by molar-refractivity contribution is -0.116. The fourth-order valence-corrected chi connectivity index (χ4v) is 4.53. The molecule has 7 nitrogen and oxygen atoms in total. The molecule has 0 atom stereocenters. The number of nitrogens with one attached hydrogen (secondary N) is 2. The van der Waals surface area contributed by atoms with E-state index in [0.29, 0.717) is 48.0 Å². The third-order valence-electron chi connectivity index (χ3n) is 6.60. The first kappa shape index (κ1) is 24.4. The number of anilines is 2. The third-order valence-corrected chi connectivity index (χ3v) is 6.60. The van der Waals surface area contributed by atoms with Crippen molar-refractivity contribution in [1.29, 1.82) is 0 Å². The van der Waals surface area contributed by atoms with Crippen molar-refractivity contribution in [2.45, 2.75) is 39.8 Å². The highest BCUT2D eigenvalue weighted by molar-refractivity contribution is 5.92. The first-order chi connectivity index (χ1) is 18.0. The molecule has 1 aliphatic heterocycles. The molecule has 1 aromatic heterocycles. The van der Waals surface area contributed by atoms with Crippen LogP contribution in [0.5, 0.6) is 11.5 Å². The molecule has 1 aliphatic rings. The zero-order valence-corrected chi connectivity index (χ0v) is 21.2. The fourth-order valence-electron chi connectivity index (χ4n) is 4.53. The van der Waals surface area contributed by atoms with Crippen molar-refractivity contribution >= 4 is 28.2 Å². The van der Waals surface area contributed by atoms with E-state index in [1.54, 1.807) is 6.07 Å². The van der Waals surface area contributed by atoms with E-state index in [1.165, 1.54) is 10.1 Å². The normalized spacial score (nSPS) is 12.4. The quantitative estimate of drug-likeness (QED) is 0.352. The van der Waals surface area contributed by atoms with Crippen LogP contribution >= 0.6 is 0 Å². The lowest BCUT2D eigenvalue weighted by Gasteiger charge is -2.21. The van der Waals surface area contributed by atoms with Gasteiger partial charge >= 0.3 is 0 Å². The lowest BCUT2D eigenvalue weighted by atomic mass is 10.1. The monoisotopic (exact) mass is 497 g/mol. The summed E-state index contributed by atoms with van der Waals surface area (Å²) in [6.45, 7) is 5.30. The minimum Gasteiger partial charge on any atom is -0.486 e. The predicted octanol–water partition coefficient (Wildman–Crippen LogP) is 5.15. The first-order valence-electron chi connectivity index (χ1n) is 12.7. The Kier molecular flexibility index (Phi) is 7.12. The number of pyridine rings is 1.